The molecule has 0 unspecified atom stereocenters. The molecule has 0 saturated heterocycles. The summed E-state index contributed by atoms with van der Waals surface area (Å²) >= 11 is 3.13. The average molecular weight is 281 g/mol. The van der Waals surface area contributed by atoms with Crippen LogP contribution < -0.4 is 4.74 Å². The highest BCUT2D eigenvalue weighted by Gasteiger charge is 2.09. The Morgan fingerprint density at radius 1 is 1.56 bits per heavy atom. The highest BCUT2D eigenvalue weighted by molar-refractivity contribution is 8.00. The van der Waals surface area contributed by atoms with Crippen LogP contribution in [0.3, 0.4) is 0 Å². The van der Waals surface area contributed by atoms with Crippen molar-refractivity contribution in [2.45, 2.75) is 10.1 Å². The predicted octanol–water partition coefficient (Wildman–Crippen LogP) is 3.14. The quantitative estimate of drug-likeness (QED) is 0.853. The highest BCUT2D eigenvalue weighted by Crippen LogP contribution is 2.29. The number of carboxylic acid groups (broad SMARTS) is 1. The first-order valence-corrected chi connectivity index (χ1v) is 6.99. The Bertz CT molecular complexity index is 540. The molecule has 1 aromatic carbocycles. The fourth-order valence-electron chi connectivity index (χ4n) is 1.45. The van der Waals surface area contributed by atoms with Gasteiger partial charge in [0.05, 0.1) is 12.7 Å². The molecule has 2 aromatic rings. The maximum absolute atomic E-state index is 10.9. The van der Waals surface area contributed by atoms with E-state index in [2.05, 4.69) is 4.98 Å². The minimum absolute atomic E-state index is 0.269. The molecule has 6 heteroatoms. The van der Waals surface area contributed by atoms with Crippen molar-refractivity contribution in [1.29, 1.82) is 0 Å². The third kappa shape index (κ3) is 3.02. The van der Waals surface area contributed by atoms with Crippen molar-refractivity contribution in [3.63, 3.8) is 0 Å². The van der Waals surface area contributed by atoms with Crippen LogP contribution in [0.4, 0.5) is 0 Å². The van der Waals surface area contributed by atoms with Gasteiger partial charge in [-0.25, -0.2) is 9.78 Å². The van der Waals surface area contributed by atoms with E-state index in [9.17, 15) is 4.79 Å². The Kier molecular flexibility index (Phi) is 4.22. The Balaban J connectivity index is 2.18. The standard InChI is InChI=1S/C12H11NO3S2/c1-16-10-3-2-8(11(14)15)6-9(10)7-18-12-13-4-5-17-12/h2-6H,7H2,1H3,(H,14,15). The number of rotatable bonds is 5. The summed E-state index contributed by atoms with van der Waals surface area (Å²) in [6.07, 6.45) is 1.75. The van der Waals surface area contributed by atoms with E-state index in [1.165, 1.54) is 0 Å². The van der Waals surface area contributed by atoms with Crippen molar-refractivity contribution >= 4 is 29.1 Å². The summed E-state index contributed by atoms with van der Waals surface area (Å²) in [5.74, 6) is 0.403. The first-order chi connectivity index (χ1) is 8.70. The van der Waals surface area contributed by atoms with Crippen LogP contribution in [-0.4, -0.2) is 23.2 Å². The second-order valence-electron chi connectivity index (χ2n) is 3.42. The van der Waals surface area contributed by atoms with Crippen LogP contribution in [-0.2, 0) is 5.75 Å². The third-order valence-corrected chi connectivity index (χ3v) is 4.30. The molecule has 1 aromatic heterocycles. The summed E-state index contributed by atoms with van der Waals surface area (Å²) in [4.78, 5) is 15.1. The number of aromatic nitrogens is 1. The van der Waals surface area contributed by atoms with Crippen LogP contribution in [0.15, 0.2) is 34.1 Å². The average Bonchev–Trinajstić information content (AvgIpc) is 2.89. The first-order valence-electron chi connectivity index (χ1n) is 5.13. The number of benzene rings is 1. The van der Waals surface area contributed by atoms with Crippen molar-refractivity contribution in [3.8, 4) is 5.75 Å². The lowest BCUT2D eigenvalue weighted by Gasteiger charge is -2.08. The maximum Gasteiger partial charge on any atom is 0.335 e. The molecule has 0 bridgehead atoms. The van der Waals surface area contributed by atoms with Crippen LogP contribution in [0.25, 0.3) is 0 Å². The highest BCUT2D eigenvalue weighted by atomic mass is 32.2. The zero-order chi connectivity index (χ0) is 13.0. The molecule has 4 nitrogen and oxygen atoms in total. The van der Waals surface area contributed by atoms with E-state index < -0.39 is 5.97 Å². The normalized spacial score (nSPS) is 10.3. The van der Waals surface area contributed by atoms with Crippen molar-refractivity contribution in [2.24, 2.45) is 0 Å². The van der Waals surface area contributed by atoms with Gasteiger partial charge in [-0.05, 0) is 18.2 Å². The summed E-state index contributed by atoms with van der Waals surface area (Å²) in [7, 11) is 1.58. The monoisotopic (exact) mass is 281 g/mol. The number of thioether (sulfide) groups is 1. The molecule has 0 saturated carbocycles. The molecule has 0 aliphatic carbocycles. The number of aromatic carboxylic acids is 1. The van der Waals surface area contributed by atoms with Crippen molar-refractivity contribution in [2.75, 3.05) is 7.11 Å². The van der Waals surface area contributed by atoms with E-state index in [0.717, 1.165) is 9.90 Å². The fourth-order valence-corrected chi connectivity index (χ4v) is 3.06. The lowest BCUT2D eigenvalue weighted by molar-refractivity contribution is 0.0696. The Morgan fingerprint density at radius 2 is 2.39 bits per heavy atom. The Labute approximate surface area is 113 Å². The molecular formula is C12H11NO3S2. The van der Waals surface area contributed by atoms with Gasteiger partial charge in [-0.1, -0.05) is 11.8 Å². The Hall–Kier alpha value is -1.53. The lowest BCUT2D eigenvalue weighted by atomic mass is 10.1. The number of methoxy groups -OCH3 is 1. The molecule has 0 fully saturated rings. The van der Waals surface area contributed by atoms with Crippen LogP contribution >= 0.6 is 23.1 Å². The van der Waals surface area contributed by atoms with E-state index in [0.29, 0.717) is 11.5 Å². The van der Waals surface area contributed by atoms with Gasteiger partial charge >= 0.3 is 5.97 Å². The van der Waals surface area contributed by atoms with E-state index in [1.54, 1.807) is 54.6 Å². The number of carboxylic acids is 1. The molecule has 18 heavy (non-hydrogen) atoms. The van der Waals surface area contributed by atoms with Crippen molar-refractivity contribution in [1.82, 2.24) is 4.98 Å². The van der Waals surface area contributed by atoms with Crippen LogP contribution in [0.5, 0.6) is 5.75 Å². The maximum atomic E-state index is 10.9. The predicted molar refractivity (Wildman–Crippen MR) is 71.6 cm³/mol. The van der Waals surface area contributed by atoms with Crippen LogP contribution in [0.1, 0.15) is 15.9 Å². The number of thiazole rings is 1. The van der Waals surface area contributed by atoms with Crippen molar-refractivity contribution in [3.05, 3.63) is 40.9 Å². The second kappa shape index (κ2) is 5.88. The zero-order valence-electron chi connectivity index (χ0n) is 9.62. The number of hydrogen-bond donors (Lipinski definition) is 1. The van der Waals surface area contributed by atoms with Gasteiger partial charge in [0.1, 0.15) is 10.1 Å². The molecule has 0 aliphatic heterocycles. The van der Waals surface area contributed by atoms with Crippen molar-refractivity contribution < 1.29 is 14.6 Å². The summed E-state index contributed by atoms with van der Waals surface area (Å²) < 4.78 is 6.18. The molecule has 1 heterocycles. The minimum Gasteiger partial charge on any atom is -0.496 e. The van der Waals surface area contributed by atoms with Gasteiger partial charge in [-0.15, -0.1) is 11.3 Å². The summed E-state index contributed by atoms with van der Waals surface area (Å²) in [6, 6.07) is 4.86. The smallest absolute Gasteiger partial charge is 0.335 e. The van der Waals surface area contributed by atoms with E-state index >= 15 is 0 Å². The molecule has 0 atom stereocenters. The molecule has 2 rings (SSSR count). The summed E-state index contributed by atoms with van der Waals surface area (Å²) in [5, 5.41) is 10.9. The van der Waals surface area contributed by atoms with E-state index in [-0.39, 0.29) is 5.56 Å². The molecule has 0 radical (unpaired) electrons. The van der Waals surface area contributed by atoms with Gasteiger partial charge in [0.15, 0.2) is 0 Å². The number of nitrogens with zero attached hydrogens (tertiary/aromatic N) is 1. The van der Waals surface area contributed by atoms with Gasteiger partial charge in [-0.2, -0.15) is 0 Å². The molecule has 1 N–H and O–H groups in total. The fraction of sp³-hybridized carbons (Fsp3) is 0.167. The SMILES string of the molecule is COc1ccc(C(=O)O)cc1CSc1nccs1. The molecule has 94 valence electrons. The second-order valence-corrected chi connectivity index (χ2v) is 5.54. The van der Waals surface area contributed by atoms with Gasteiger partial charge in [0.25, 0.3) is 0 Å². The largest absolute Gasteiger partial charge is 0.496 e. The van der Waals surface area contributed by atoms with Crippen LogP contribution in [0, 0.1) is 0 Å². The van der Waals surface area contributed by atoms with Gasteiger partial charge in [0, 0.05) is 22.9 Å². The molecule has 0 spiro atoms. The number of carbonyl (C=O) groups is 1. The third-order valence-electron chi connectivity index (χ3n) is 2.29. The molecule has 0 amide bonds. The first kappa shape index (κ1) is 12.9. The summed E-state index contributed by atoms with van der Waals surface area (Å²) in [6.45, 7) is 0. The number of hydrogen-bond acceptors (Lipinski definition) is 5. The van der Waals surface area contributed by atoms with E-state index in [4.69, 9.17) is 9.84 Å². The van der Waals surface area contributed by atoms with E-state index in [1.807, 2.05) is 5.38 Å². The topological polar surface area (TPSA) is 59.4 Å². The molecule has 0 aliphatic rings. The van der Waals surface area contributed by atoms with Gasteiger partial charge in [0.2, 0.25) is 0 Å². The number of ether oxygens (including phenoxy) is 1. The molecular weight excluding hydrogens is 270 g/mol. The summed E-state index contributed by atoms with van der Waals surface area (Å²) in [5.41, 5.74) is 1.13. The van der Waals surface area contributed by atoms with Gasteiger partial charge in [-0.3, -0.25) is 0 Å². The van der Waals surface area contributed by atoms with Crippen LogP contribution in [0.2, 0.25) is 0 Å². The zero-order valence-corrected chi connectivity index (χ0v) is 11.3. The lowest BCUT2D eigenvalue weighted by Crippen LogP contribution is -1.99. The Morgan fingerprint density at radius 3 is 3.00 bits per heavy atom. The van der Waals surface area contributed by atoms with Gasteiger partial charge < -0.3 is 9.84 Å². The minimum atomic E-state index is -0.932.